The molecule has 0 aromatic rings. The van der Waals surface area contributed by atoms with Gasteiger partial charge >= 0.3 is 0 Å². The van der Waals surface area contributed by atoms with Crippen LogP contribution in [0.1, 0.15) is 19.8 Å². The maximum atomic E-state index is 3.49. The predicted molar refractivity (Wildman–Crippen MR) is 49.1 cm³/mol. The van der Waals surface area contributed by atoms with Crippen LogP contribution in [0.2, 0.25) is 0 Å². The Morgan fingerprint density at radius 3 is 2.67 bits per heavy atom. The van der Waals surface area contributed by atoms with E-state index >= 15 is 0 Å². The Morgan fingerprint density at radius 2 is 2.22 bits per heavy atom. The number of alkyl halides is 1. The van der Waals surface area contributed by atoms with Crippen molar-refractivity contribution < 1.29 is 0 Å². The number of halogens is 1. The van der Waals surface area contributed by atoms with E-state index < -0.39 is 0 Å². The summed E-state index contributed by atoms with van der Waals surface area (Å²) in [4.78, 5) is 0. The molecule has 0 aliphatic heterocycles. The molecule has 1 aliphatic carbocycles. The SMILES string of the molecule is CC1CC(NCCI)C1. The van der Waals surface area contributed by atoms with Gasteiger partial charge in [-0.15, -0.1) is 0 Å². The first-order valence-electron chi connectivity index (χ1n) is 3.62. The van der Waals surface area contributed by atoms with E-state index in [1.807, 2.05) is 0 Å². The number of nitrogens with one attached hydrogen (secondary N) is 1. The van der Waals surface area contributed by atoms with Crippen molar-refractivity contribution in [3.8, 4) is 0 Å². The van der Waals surface area contributed by atoms with Gasteiger partial charge < -0.3 is 5.32 Å². The lowest BCUT2D eigenvalue weighted by Gasteiger charge is -2.33. The summed E-state index contributed by atoms with van der Waals surface area (Å²) in [5.74, 6) is 0.983. The molecule has 1 aliphatic rings. The molecule has 0 heterocycles. The molecule has 2 heteroatoms. The Hall–Kier alpha value is 0.690. The van der Waals surface area contributed by atoms with Gasteiger partial charge in [-0.25, -0.2) is 0 Å². The standard InChI is InChI=1S/C7H14IN/c1-6-4-7(5-6)9-3-2-8/h6-7,9H,2-5H2,1H3. The highest BCUT2D eigenvalue weighted by Crippen LogP contribution is 2.25. The monoisotopic (exact) mass is 239 g/mol. The van der Waals surface area contributed by atoms with Crippen molar-refractivity contribution >= 4 is 22.6 Å². The maximum Gasteiger partial charge on any atom is 0.0121 e. The Bertz CT molecular complexity index is 79.0. The first-order valence-corrected chi connectivity index (χ1v) is 5.15. The van der Waals surface area contributed by atoms with E-state index in [2.05, 4.69) is 34.8 Å². The average Bonchev–Trinajstić information content (AvgIpc) is 1.78. The molecule has 0 radical (unpaired) electrons. The summed E-state index contributed by atoms with van der Waals surface area (Å²) in [7, 11) is 0. The third kappa shape index (κ3) is 2.42. The molecule has 1 N–H and O–H groups in total. The maximum absolute atomic E-state index is 3.49. The third-order valence-corrected chi connectivity index (χ3v) is 2.44. The van der Waals surface area contributed by atoms with Crippen LogP contribution in [0.15, 0.2) is 0 Å². The minimum Gasteiger partial charge on any atom is -0.313 e. The van der Waals surface area contributed by atoms with Gasteiger partial charge in [-0.3, -0.25) is 0 Å². The van der Waals surface area contributed by atoms with Crippen LogP contribution in [0.4, 0.5) is 0 Å². The molecule has 54 valence electrons. The van der Waals surface area contributed by atoms with Crippen molar-refractivity contribution in [3.63, 3.8) is 0 Å². The lowest BCUT2D eigenvalue weighted by Crippen LogP contribution is -2.40. The molecule has 0 aromatic heterocycles. The van der Waals surface area contributed by atoms with Gasteiger partial charge in [-0.2, -0.15) is 0 Å². The first-order chi connectivity index (χ1) is 4.33. The molecule has 1 nitrogen and oxygen atoms in total. The predicted octanol–water partition coefficient (Wildman–Crippen LogP) is 1.81. The summed E-state index contributed by atoms with van der Waals surface area (Å²) in [5.41, 5.74) is 0. The molecule has 0 unspecified atom stereocenters. The van der Waals surface area contributed by atoms with Crippen molar-refractivity contribution in [2.45, 2.75) is 25.8 Å². The zero-order valence-corrected chi connectivity index (χ0v) is 8.02. The van der Waals surface area contributed by atoms with E-state index in [4.69, 9.17) is 0 Å². The third-order valence-electron chi connectivity index (χ3n) is 1.90. The summed E-state index contributed by atoms with van der Waals surface area (Å²) >= 11 is 2.40. The Kier molecular flexibility index (Phi) is 3.26. The van der Waals surface area contributed by atoms with Gasteiger partial charge in [0.2, 0.25) is 0 Å². The van der Waals surface area contributed by atoms with Crippen LogP contribution >= 0.6 is 22.6 Å². The fraction of sp³-hybridized carbons (Fsp3) is 1.00. The topological polar surface area (TPSA) is 12.0 Å². The highest BCUT2D eigenvalue weighted by Gasteiger charge is 2.23. The number of rotatable bonds is 3. The summed E-state index contributed by atoms with van der Waals surface area (Å²) in [5, 5.41) is 3.49. The van der Waals surface area contributed by atoms with E-state index in [1.54, 1.807) is 0 Å². The zero-order chi connectivity index (χ0) is 6.69. The van der Waals surface area contributed by atoms with E-state index in [9.17, 15) is 0 Å². The molecule has 0 saturated heterocycles. The van der Waals surface area contributed by atoms with Crippen LogP contribution in [0, 0.1) is 5.92 Å². The molecule has 0 atom stereocenters. The van der Waals surface area contributed by atoms with Crippen LogP contribution in [-0.2, 0) is 0 Å². The molecule has 0 amide bonds. The van der Waals surface area contributed by atoms with Crippen molar-refractivity contribution in [1.29, 1.82) is 0 Å². The average molecular weight is 239 g/mol. The van der Waals surface area contributed by atoms with Crippen LogP contribution in [0.25, 0.3) is 0 Å². The number of hydrogen-bond donors (Lipinski definition) is 1. The van der Waals surface area contributed by atoms with Gasteiger partial charge in [0, 0.05) is 17.0 Å². The summed E-state index contributed by atoms with van der Waals surface area (Å²) in [6.07, 6.45) is 2.80. The van der Waals surface area contributed by atoms with Gasteiger partial charge in [0.25, 0.3) is 0 Å². The molecule has 1 saturated carbocycles. The smallest absolute Gasteiger partial charge is 0.0121 e. The molecule has 1 fully saturated rings. The normalized spacial score (nSPS) is 34.0. The van der Waals surface area contributed by atoms with Crippen LogP contribution < -0.4 is 5.32 Å². The van der Waals surface area contributed by atoms with Gasteiger partial charge in [0.1, 0.15) is 0 Å². The molecular formula is C7H14IN. The minimum atomic E-state index is 0.856. The molecule has 0 aromatic carbocycles. The van der Waals surface area contributed by atoms with Crippen LogP contribution in [0.5, 0.6) is 0 Å². The molecule has 0 bridgehead atoms. The van der Waals surface area contributed by atoms with Crippen LogP contribution in [0.3, 0.4) is 0 Å². The molecule has 1 rings (SSSR count). The molecule has 9 heavy (non-hydrogen) atoms. The van der Waals surface area contributed by atoms with Crippen molar-refractivity contribution in [1.82, 2.24) is 5.32 Å². The van der Waals surface area contributed by atoms with Crippen molar-refractivity contribution in [3.05, 3.63) is 0 Å². The van der Waals surface area contributed by atoms with Gasteiger partial charge in [0.05, 0.1) is 0 Å². The summed E-state index contributed by atoms with van der Waals surface area (Å²) in [6.45, 7) is 3.51. The minimum absolute atomic E-state index is 0.856. The largest absolute Gasteiger partial charge is 0.313 e. The lowest BCUT2D eigenvalue weighted by atomic mass is 9.82. The Morgan fingerprint density at radius 1 is 1.56 bits per heavy atom. The van der Waals surface area contributed by atoms with Crippen molar-refractivity contribution in [2.24, 2.45) is 5.92 Å². The second-order valence-corrected chi connectivity index (χ2v) is 4.00. The molecular weight excluding hydrogens is 225 g/mol. The fourth-order valence-electron chi connectivity index (χ4n) is 1.33. The van der Waals surface area contributed by atoms with E-state index in [0.717, 1.165) is 12.0 Å². The summed E-state index contributed by atoms with van der Waals surface area (Å²) in [6, 6.07) is 0.856. The van der Waals surface area contributed by atoms with Crippen molar-refractivity contribution in [2.75, 3.05) is 11.0 Å². The highest BCUT2D eigenvalue weighted by molar-refractivity contribution is 14.1. The Labute approximate surface area is 70.7 Å². The Balaban J connectivity index is 1.91. The summed E-state index contributed by atoms with van der Waals surface area (Å²) < 4.78 is 1.24. The quantitative estimate of drug-likeness (QED) is 0.585. The zero-order valence-electron chi connectivity index (χ0n) is 5.86. The lowest BCUT2D eigenvalue weighted by molar-refractivity contribution is 0.246. The first kappa shape index (κ1) is 7.79. The second kappa shape index (κ2) is 3.76. The second-order valence-electron chi connectivity index (χ2n) is 2.92. The van der Waals surface area contributed by atoms with E-state index in [-0.39, 0.29) is 0 Å². The molecule has 0 spiro atoms. The van der Waals surface area contributed by atoms with Gasteiger partial charge in [-0.05, 0) is 18.8 Å². The van der Waals surface area contributed by atoms with Gasteiger partial charge in [-0.1, -0.05) is 29.5 Å². The van der Waals surface area contributed by atoms with Crippen LogP contribution in [-0.4, -0.2) is 17.0 Å². The van der Waals surface area contributed by atoms with Gasteiger partial charge in [0.15, 0.2) is 0 Å². The van der Waals surface area contributed by atoms with E-state index in [0.29, 0.717) is 0 Å². The van der Waals surface area contributed by atoms with E-state index in [1.165, 1.54) is 23.8 Å². The number of hydrogen-bond acceptors (Lipinski definition) is 1. The highest BCUT2D eigenvalue weighted by atomic mass is 127. The fourth-order valence-corrected chi connectivity index (χ4v) is 1.64.